The average molecular weight is 422 g/mol. The average Bonchev–Trinajstić information content (AvgIpc) is 2.74. The molecule has 0 radical (unpaired) electrons. The first-order valence-electron chi connectivity index (χ1n) is 9.43. The van der Waals surface area contributed by atoms with Gasteiger partial charge in [-0.15, -0.1) is 0 Å². The van der Waals surface area contributed by atoms with Gasteiger partial charge < -0.3 is 9.47 Å². The summed E-state index contributed by atoms with van der Waals surface area (Å²) in [4.78, 5) is 11.8. The third kappa shape index (κ3) is 6.47. The van der Waals surface area contributed by atoms with E-state index in [-0.39, 0.29) is 17.7 Å². The number of sulfone groups is 1. The topological polar surface area (TPSA) is 102 Å². The molecule has 2 N–H and O–H groups in total. The quantitative estimate of drug-likeness (QED) is 0.328. The fourth-order valence-electron chi connectivity index (χ4n) is 2.82. The lowest BCUT2D eigenvalue weighted by molar-refractivity contribution is -0.129. The summed E-state index contributed by atoms with van der Waals surface area (Å²) >= 11 is 0. The highest BCUT2D eigenvalue weighted by Gasteiger charge is 2.30. The molecule has 2 aromatic rings. The molecule has 2 aromatic carbocycles. The lowest BCUT2D eigenvalue weighted by Crippen LogP contribution is -2.31. The van der Waals surface area contributed by atoms with Crippen molar-refractivity contribution >= 4 is 15.7 Å². The summed E-state index contributed by atoms with van der Waals surface area (Å²) in [7, 11) is -2.32. The second-order valence-electron chi connectivity index (χ2n) is 6.63. The highest BCUT2D eigenvalue weighted by molar-refractivity contribution is 7.92. The van der Waals surface area contributed by atoms with Gasteiger partial charge in [0, 0.05) is 6.42 Å². The number of amides is 1. The highest BCUT2D eigenvalue weighted by Crippen LogP contribution is 2.25. The molecule has 0 aliphatic rings. The number of hydrogen-bond donors (Lipinski definition) is 2. The zero-order valence-corrected chi connectivity index (χ0v) is 17.4. The van der Waals surface area contributed by atoms with Gasteiger partial charge in [-0.3, -0.25) is 10.0 Å². The number of hydroxylamine groups is 1. The van der Waals surface area contributed by atoms with Crippen LogP contribution in [0.1, 0.15) is 31.7 Å². The Morgan fingerprint density at radius 3 is 2.24 bits per heavy atom. The predicted molar refractivity (Wildman–Crippen MR) is 109 cm³/mol. The number of carbonyl (C=O) groups excluding carboxylic acids is 1. The molecule has 7 nitrogen and oxygen atoms in total. The van der Waals surface area contributed by atoms with Crippen molar-refractivity contribution in [2.75, 3.05) is 13.7 Å². The van der Waals surface area contributed by atoms with E-state index in [0.717, 1.165) is 18.4 Å². The van der Waals surface area contributed by atoms with Gasteiger partial charge in [0.15, 0.2) is 9.84 Å². The number of rotatable bonds is 11. The van der Waals surface area contributed by atoms with E-state index in [1.165, 1.54) is 24.7 Å². The molecule has 158 valence electrons. The van der Waals surface area contributed by atoms with E-state index in [1.807, 2.05) is 0 Å². The van der Waals surface area contributed by atoms with Crippen molar-refractivity contribution in [3.63, 3.8) is 0 Å². The minimum atomic E-state index is -3.82. The van der Waals surface area contributed by atoms with Crippen molar-refractivity contribution in [2.24, 2.45) is 0 Å². The number of unbranched alkanes of at least 4 members (excludes halogenated alkanes) is 1. The molecular weight excluding hydrogens is 394 g/mol. The molecule has 0 aromatic heterocycles. The molecule has 2 rings (SSSR count). The van der Waals surface area contributed by atoms with Gasteiger partial charge >= 0.3 is 0 Å². The molecule has 8 heteroatoms. The standard InChI is InChI=1S/C21H27NO6S/c1-3-4-13-28-18-7-5-16(6-8-18)14-20(15-21(23)22-24)29(25,26)19-11-9-17(27-2)10-12-19/h5-12,20,24H,3-4,13-15H2,1-2H3,(H,22,23). The Morgan fingerprint density at radius 1 is 1.07 bits per heavy atom. The van der Waals surface area contributed by atoms with E-state index in [2.05, 4.69) is 6.92 Å². The summed E-state index contributed by atoms with van der Waals surface area (Å²) in [6, 6.07) is 13.1. The maximum absolute atomic E-state index is 13.1. The summed E-state index contributed by atoms with van der Waals surface area (Å²) in [5, 5.41) is 7.83. The molecule has 0 fully saturated rings. The largest absolute Gasteiger partial charge is 0.497 e. The lowest BCUT2D eigenvalue weighted by atomic mass is 10.1. The summed E-state index contributed by atoms with van der Waals surface area (Å²) in [5.74, 6) is 0.490. The van der Waals surface area contributed by atoms with Crippen molar-refractivity contribution in [1.82, 2.24) is 5.48 Å². The Kier molecular flexibility index (Phi) is 8.48. The predicted octanol–water partition coefficient (Wildman–Crippen LogP) is 3.15. The number of nitrogens with one attached hydrogen (secondary N) is 1. The fraction of sp³-hybridized carbons (Fsp3) is 0.381. The summed E-state index contributed by atoms with van der Waals surface area (Å²) in [6.45, 7) is 2.71. The van der Waals surface area contributed by atoms with Gasteiger partial charge in [0.05, 0.1) is 23.9 Å². The molecule has 1 unspecified atom stereocenters. The van der Waals surface area contributed by atoms with Crippen LogP contribution in [0.15, 0.2) is 53.4 Å². The summed E-state index contributed by atoms with van der Waals surface area (Å²) in [5.41, 5.74) is 2.27. The third-order valence-electron chi connectivity index (χ3n) is 4.52. The van der Waals surface area contributed by atoms with Gasteiger partial charge in [-0.05, 0) is 54.8 Å². The van der Waals surface area contributed by atoms with Crippen LogP contribution in [-0.2, 0) is 21.1 Å². The van der Waals surface area contributed by atoms with E-state index in [9.17, 15) is 13.2 Å². The van der Waals surface area contributed by atoms with Crippen LogP contribution in [0.3, 0.4) is 0 Å². The third-order valence-corrected chi connectivity index (χ3v) is 6.66. The SMILES string of the molecule is CCCCOc1ccc(CC(CC(=O)NO)S(=O)(=O)c2ccc(OC)cc2)cc1. The van der Waals surface area contributed by atoms with Gasteiger partial charge in [-0.1, -0.05) is 25.5 Å². The number of carbonyl (C=O) groups is 1. The van der Waals surface area contributed by atoms with Crippen LogP contribution in [0.2, 0.25) is 0 Å². The van der Waals surface area contributed by atoms with Crippen molar-refractivity contribution in [2.45, 2.75) is 42.8 Å². The van der Waals surface area contributed by atoms with Crippen LogP contribution in [0.4, 0.5) is 0 Å². The minimum absolute atomic E-state index is 0.0913. The zero-order valence-electron chi connectivity index (χ0n) is 16.6. The van der Waals surface area contributed by atoms with Crippen LogP contribution < -0.4 is 15.0 Å². The van der Waals surface area contributed by atoms with Crippen molar-refractivity contribution in [1.29, 1.82) is 0 Å². The first kappa shape index (κ1) is 22.7. The molecule has 29 heavy (non-hydrogen) atoms. The maximum Gasteiger partial charge on any atom is 0.244 e. The molecular formula is C21H27NO6S. The van der Waals surface area contributed by atoms with Crippen LogP contribution in [0.5, 0.6) is 11.5 Å². The number of benzene rings is 2. The molecule has 0 spiro atoms. The van der Waals surface area contributed by atoms with Gasteiger partial charge in [0.2, 0.25) is 5.91 Å². The Hall–Kier alpha value is -2.58. The Balaban J connectivity index is 2.21. The first-order chi connectivity index (χ1) is 13.9. The molecule has 0 bridgehead atoms. The molecule has 0 saturated carbocycles. The Morgan fingerprint density at radius 2 is 1.69 bits per heavy atom. The van der Waals surface area contributed by atoms with E-state index >= 15 is 0 Å². The molecule has 0 aliphatic heterocycles. The second kappa shape index (κ2) is 10.8. The first-order valence-corrected chi connectivity index (χ1v) is 11.0. The maximum atomic E-state index is 13.1. The smallest absolute Gasteiger partial charge is 0.244 e. The van der Waals surface area contributed by atoms with E-state index in [4.69, 9.17) is 14.7 Å². The van der Waals surface area contributed by atoms with Crippen LogP contribution in [0, 0.1) is 0 Å². The second-order valence-corrected chi connectivity index (χ2v) is 8.86. The molecule has 0 aliphatic carbocycles. The molecule has 1 amide bonds. The van der Waals surface area contributed by atoms with Crippen molar-refractivity contribution in [3.8, 4) is 11.5 Å². The van der Waals surface area contributed by atoms with Crippen molar-refractivity contribution < 1.29 is 27.9 Å². The minimum Gasteiger partial charge on any atom is -0.497 e. The number of methoxy groups -OCH3 is 1. The summed E-state index contributed by atoms with van der Waals surface area (Å²) in [6.07, 6.45) is 1.76. The number of ether oxygens (including phenoxy) is 2. The number of hydrogen-bond acceptors (Lipinski definition) is 6. The normalized spacial score (nSPS) is 12.2. The fourth-order valence-corrected chi connectivity index (χ4v) is 4.50. The van der Waals surface area contributed by atoms with Gasteiger partial charge in [-0.2, -0.15) is 0 Å². The zero-order chi connectivity index (χ0) is 21.3. The molecule has 1 atom stereocenters. The van der Waals surface area contributed by atoms with Gasteiger partial charge in [0.25, 0.3) is 0 Å². The highest BCUT2D eigenvalue weighted by atomic mass is 32.2. The van der Waals surface area contributed by atoms with E-state index in [1.54, 1.807) is 36.4 Å². The van der Waals surface area contributed by atoms with Gasteiger partial charge in [-0.25, -0.2) is 13.9 Å². The Labute approximate surface area is 171 Å². The summed E-state index contributed by atoms with van der Waals surface area (Å²) < 4.78 is 36.9. The van der Waals surface area contributed by atoms with Crippen molar-refractivity contribution in [3.05, 3.63) is 54.1 Å². The molecule has 0 heterocycles. The monoisotopic (exact) mass is 421 g/mol. The lowest BCUT2D eigenvalue weighted by Gasteiger charge is -2.18. The molecule has 0 saturated heterocycles. The Bertz CT molecular complexity index is 878. The van der Waals surface area contributed by atoms with Crippen LogP contribution in [-0.4, -0.2) is 38.5 Å². The van der Waals surface area contributed by atoms with Crippen LogP contribution >= 0.6 is 0 Å². The van der Waals surface area contributed by atoms with E-state index in [0.29, 0.717) is 18.1 Å². The van der Waals surface area contributed by atoms with Crippen LogP contribution in [0.25, 0.3) is 0 Å². The van der Waals surface area contributed by atoms with Gasteiger partial charge in [0.1, 0.15) is 11.5 Å². The van der Waals surface area contributed by atoms with E-state index < -0.39 is 21.0 Å².